The Hall–Kier alpha value is -1.96. The molecule has 0 aromatic heterocycles. The molecule has 0 aliphatic heterocycles. The molecule has 114 valence electrons. The molecule has 22 heavy (non-hydrogen) atoms. The molecule has 1 N–H and O–H groups in total. The monoisotopic (exact) mass is 410 g/mol. The van der Waals surface area contributed by atoms with Crippen molar-refractivity contribution in [1.29, 1.82) is 0 Å². The Balaban J connectivity index is 2.34. The zero-order chi connectivity index (χ0) is 16.4. The molecule has 0 saturated carbocycles. The van der Waals surface area contributed by atoms with Crippen LogP contribution < -0.4 is 5.32 Å². The summed E-state index contributed by atoms with van der Waals surface area (Å²) in [5.41, 5.74) is 3.46. The van der Waals surface area contributed by atoms with Gasteiger partial charge in [0.05, 0.1) is 4.92 Å². The lowest BCUT2D eigenvalue weighted by Crippen LogP contribution is -2.14. The van der Waals surface area contributed by atoms with Crippen LogP contribution >= 0.6 is 22.6 Å². The Labute approximate surface area is 142 Å². The first kappa shape index (κ1) is 16.4. The number of halogens is 1. The number of hydrogen-bond donors (Lipinski definition) is 1. The topological polar surface area (TPSA) is 72.2 Å². The lowest BCUT2D eigenvalue weighted by molar-refractivity contribution is -0.385. The number of nitro benzene ring substituents is 1. The molecule has 0 spiro atoms. The van der Waals surface area contributed by atoms with Crippen molar-refractivity contribution >= 4 is 39.9 Å². The molecular formula is C16H15IN2O3. The molecule has 1 amide bonds. The summed E-state index contributed by atoms with van der Waals surface area (Å²) >= 11 is 2.26. The smallest absolute Gasteiger partial charge is 0.273 e. The van der Waals surface area contributed by atoms with Gasteiger partial charge in [0.1, 0.15) is 0 Å². The number of nitro groups is 1. The Morgan fingerprint density at radius 3 is 2.32 bits per heavy atom. The first-order chi connectivity index (χ1) is 10.3. The molecule has 0 fully saturated rings. The molecule has 2 aromatic rings. The molecular weight excluding hydrogens is 395 g/mol. The second-order valence-electron chi connectivity index (χ2n) is 5.08. The van der Waals surface area contributed by atoms with Crippen molar-refractivity contribution in [2.24, 2.45) is 0 Å². The van der Waals surface area contributed by atoms with E-state index in [1.54, 1.807) is 13.0 Å². The standard InChI is InChI=1S/C16H15IN2O3/c1-9-7-12(8-10(2)15(9)17)18-16(20)13-5-4-6-14(11(13)3)19(21)22/h4-8H,1-3H3,(H,18,20). The Morgan fingerprint density at radius 2 is 1.77 bits per heavy atom. The number of hydrogen-bond acceptors (Lipinski definition) is 3. The summed E-state index contributed by atoms with van der Waals surface area (Å²) in [6.45, 7) is 5.53. The van der Waals surface area contributed by atoms with E-state index in [2.05, 4.69) is 27.9 Å². The molecule has 0 saturated heterocycles. The van der Waals surface area contributed by atoms with Gasteiger partial charge in [-0.3, -0.25) is 14.9 Å². The fraction of sp³-hybridized carbons (Fsp3) is 0.188. The molecule has 0 aliphatic carbocycles. The molecule has 2 rings (SSSR count). The highest BCUT2D eigenvalue weighted by atomic mass is 127. The average molecular weight is 410 g/mol. The van der Waals surface area contributed by atoms with E-state index in [1.807, 2.05) is 26.0 Å². The van der Waals surface area contributed by atoms with Crippen LogP contribution in [0.5, 0.6) is 0 Å². The summed E-state index contributed by atoms with van der Waals surface area (Å²) in [7, 11) is 0. The van der Waals surface area contributed by atoms with Gasteiger partial charge in [-0.05, 0) is 72.7 Å². The minimum absolute atomic E-state index is 0.0531. The summed E-state index contributed by atoms with van der Waals surface area (Å²) < 4.78 is 1.15. The number of carbonyl (C=O) groups excluding carboxylic acids is 1. The van der Waals surface area contributed by atoms with Crippen molar-refractivity contribution in [3.05, 3.63) is 66.3 Å². The largest absolute Gasteiger partial charge is 0.322 e. The fourth-order valence-electron chi connectivity index (χ4n) is 2.28. The molecule has 5 nitrogen and oxygen atoms in total. The SMILES string of the molecule is Cc1cc(NC(=O)c2cccc([N+](=O)[O-])c2C)cc(C)c1I. The van der Waals surface area contributed by atoms with Gasteiger partial charge in [0.25, 0.3) is 11.6 Å². The quantitative estimate of drug-likeness (QED) is 0.464. The molecule has 0 radical (unpaired) electrons. The number of nitrogens with one attached hydrogen (secondary N) is 1. The highest BCUT2D eigenvalue weighted by Gasteiger charge is 2.18. The van der Waals surface area contributed by atoms with Crippen LogP contribution in [0, 0.1) is 34.5 Å². The normalized spacial score (nSPS) is 10.4. The van der Waals surface area contributed by atoms with Crippen molar-refractivity contribution in [3.63, 3.8) is 0 Å². The molecule has 0 heterocycles. The van der Waals surface area contributed by atoms with Crippen LogP contribution in [0.25, 0.3) is 0 Å². The maximum atomic E-state index is 12.4. The van der Waals surface area contributed by atoms with Crippen molar-refractivity contribution in [2.75, 3.05) is 5.32 Å². The number of carbonyl (C=O) groups is 1. The van der Waals surface area contributed by atoms with Crippen molar-refractivity contribution < 1.29 is 9.72 Å². The van der Waals surface area contributed by atoms with Gasteiger partial charge in [0, 0.05) is 26.5 Å². The second kappa shape index (κ2) is 6.43. The molecule has 0 aliphatic rings. The van der Waals surface area contributed by atoms with Gasteiger partial charge in [-0.25, -0.2) is 0 Å². The first-order valence-corrected chi connectivity index (χ1v) is 7.71. The number of amides is 1. The van der Waals surface area contributed by atoms with E-state index < -0.39 is 4.92 Å². The van der Waals surface area contributed by atoms with E-state index in [9.17, 15) is 14.9 Å². The zero-order valence-electron chi connectivity index (χ0n) is 12.4. The predicted octanol–water partition coefficient (Wildman–Crippen LogP) is 4.38. The fourth-order valence-corrected chi connectivity index (χ4v) is 2.60. The van der Waals surface area contributed by atoms with Gasteiger partial charge >= 0.3 is 0 Å². The van der Waals surface area contributed by atoms with E-state index in [0.29, 0.717) is 16.8 Å². The number of aryl methyl sites for hydroxylation is 2. The number of nitrogens with zero attached hydrogens (tertiary/aromatic N) is 1. The summed E-state index contributed by atoms with van der Waals surface area (Å²) in [6.07, 6.45) is 0. The maximum absolute atomic E-state index is 12.4. The third kappa shape index (κ3) is 3.27. The van der Waals surface area contributed by atoms with Gasteiger partial charge in [0.15, 0.2) is 0 Å². The average Bonchev–Trinajstić information content (AvgIpc) is 2.44. The van der Waals surface area contributed by atoms with Gasteiger partial charge in [-0.1, -0.05) is 6.07 Å². The van der Waals surface area contributed by atoms with Crippen LogP contribution in [0.2, 0.25) is 0 Å². The Morgan fingerprint density at radius 1 is 1.18 bits per heavy atom. The van der Waals surface area contributed by atoms with Gasteiger partial charge in [-0.2, -0.15) is 0 Å². The van der Waals surface area contributed by atoms with Crippen molar-refractivity contribution in [2.45, 2.75) is 20.8 Å². The van der Waals surface area contributed by atoms with Crippen LogP contribution in [0.1, 0.15) is 27.0 Å². The Kier molecular flexibility index (Phi) is 4.80. The van der Waals surface area contributed by atoms with E-state index in [-0.39, 0.29) is 11.6 Å². The van der Waals surface area contributed by atoms with Crippen LogP contribution in [0.4, 0.5) is 11.4 Å². The summed E-state index contributed by atoms with van der Waals surface area (Å²) in [4.78, 5) is 22.9. The van der Waals surface area contributed by atoms with Gasteiger partial charge in [-0.15, -0.1) is 0 Å². The molecule has 2 aromatic carbocycles. The van der Waals surface area contributed by atoms with Crippen LogP contribution in [-0.2, 0) is 0 Å². The third-order valence-corrected chi connectivity index (χ3v) is 5.14. The van der Waals surface area contributed by atoms with Gasteiger partial charge in [0.2, 0.25) is 0 Å². The van der Waals surface area contributed by atoms with E-state index >= 15 is 0 Å². The van der Waals surface area contributed by atoms with Crippen molar-refractivity contribution in [3.8, 4) is 0 Å². The Bertz CT molecular complexity index is 749. The molecule has 6 heteroatoms. The molecule has 0 bridgehead atoms. The lowest BCUT2D eigenvalue weighted by Gasteiger charge is -2.11. The highest BCUT2D eigenvalue weighted by molar-refractivity contribution is 14.1. The van der Waals surface area contributed by atoms with Crippen LogP contribution in [0.3, 0.4) is 0 Å². The summed E-state index contributed by atoms with van der Waals surface area (Å²) in [5.74, 6) is -0.346. The minimum Gasteiger partial charge on any atom is -0.322 e. The number of rotatable bonds is 3. The summed E-state index contributed by atoms with van der Waals surface area (Å²) in [5, 5.41) is 13.8. The van der Waals surface area contributed by atoms with Crippen LogP contribution in [-0.4, -0.2) is 10.8 Å². The van der Waals surface area contributed by atoms with Crippen molar-refractivity contribution in [1.82, 2.24) is 0 Å². The first-order valence-electron chi connectivity index (χ1n) is 6.63. The van der Waals surface area contributed by atoms with E-state index in [1.165, 1.54) is 12.1 Å². The molecule has 0 atom stereocenters. The van der Waals surface area contributed by atoms with Gasteiger partial charge < -0.3 is 5.32 Å². The highest BCUT2D eigenvalue weighted by Crippen LogP contribution is 2.24. The number of benzene rings is 2. The predicted molar refractivity (Wildman–Crippen MR) is 94.4 cm³/mol. The third-order valence-electron chi connectivity index (χ3n) is 3.44. The lowest BCUT2D eigenvalue weighted by atomic mass is 10.1. The van der Waals surface area contributed by atoms with Crippen LogP contribution in [0.15, 0.2) is 30.3 Å². The second-order valence-corrected chi connectivity index (χ2v) is 6.16. The molecule has 0 unspecified atom stereocenters. The van der Waals surface area contributed by atoms with E-state index in [4.69, 9.17) is 0 Å². The van der Waals surface area contributed by atoms with E-state index in [0.717, 1.165) is 14.7 Å². The maximum Gasteiger partial charge on any atom is 0.273 e. The zero-order valence-corrected chi connectivity index (χ0v) is 14.6. The summed E-state index contributed by atoms with van der Waals surface area (Å²) in [6, 6.07) is 8.28. The minimum atomic E-state index is -0.481. The number of anilines is 1.